The van der Waals surface area contributed by atoms with E-state index in [1.165, 1.54) is 5.56 Å². The molecular formula is C18H21N3O. The van der Waals surface area contributed by atoms with Gasteiger partial charge in [0.15, 0.2) is 0 Å². The lowest BCUT2D eigenvalue weighted by Gasteiger charge is -2.22. The molecule has 1 aromatic heterocycles. The molecule has 1 saturated heterocycles. The van der Waals surface area contributed by atoms with Crippen LogP contribution in [0.2, 0.25) is 0 Å². The minimum Gasteiger partial charge on any atom is -0.337 e. The molecule has 1 fully saturated rings. The number of pyridine rings is 1. The molecule has 2 aromatic rings. The minimum atomic E-state index is 0.115. The van der Waals surface area contributed by atoms with Crippen LogP contribution in [0.5, 0.6) is 0 Å². The van der Waals surface area contributed by atoms with E-state index in [-0.39, 0.29) is 5.91 Å². The second-order valence-corrected chi connectivity index (χ2v) is 5.64. The van der Waals surface area contributed by atoms with E-state index in [0.717, 1.165) is 44.7 Å². The van der Waals surface area contributed by atoms with Crippen molar-refractivity contribution in [2.45, 2.75) is 13.0 Å². The molecule has 22 heavy (non-hydrogen) atoms. The van der Waals surface area contributed by atoms with Gasteiger partial charge in [-0.1, -0.05) is 30.3 Å². The first-order valence-electron chi connectivity index (χ1n) is 7.78. The summed E-state index contributed by atoms with van der Waals surface area (Å²) in [5, 5.41) is 0. The summed E-state index contributed by atoms with van der Waals surface area (Å²) < 4.78 is 0. The summed E-state index contributed by atoms with van der Waals surface area (Å²) in [5.41, 5.74) is 2.06. The molecule has 114 valence electrons. The fourth-order valence-corrected chi connectivity index (χ4v) is 2.85. The Balaban J connectivity index is 1.59. The van der Waals surface area contributed by atoms with Gasteiger partial charge in [0.05, 0.1) is 0 Å². The summed E-state index contributed by atoms with van der Waals surface area (Å²) in [7, 11) is 0. The molecule has 4 heteroatoms. The van der Waals surface area contributed by atoms with E-state index in [1.807, 2.05) is 11.0 Å². The van der Waals surface area contributed by atoms with E-state index in [4.69, 9.17) is 0 Å². The van der Waals surface area contributed by atoms with Crippen LogP contribution in [0.4, 0.5) is 0 Å². The summed E-state index contributed by atoms with van der Waals surface area (Å²) in [6.07, 6.45) is 4.36. The summed E-state index contributed by atoms with van der Waals surface area (Å²) >= 11 is 0. The van der Waals surface area contributed by atoms with Crippen molar-refractivity contribution >= 4 is 5.91 Å². The number of hydrogen-bond donors (Lipinski definition) is 0. The molecule has 0 spiro atoms. The van der Waals surface area contributed by atoms with Crippen molar-refractivity contribution in [1.82, 2.24) is 14.8 Å². The van der Waals surface area contributed by atoms with Gasteiger partial charge in [0.2, 0.25) is 0 Å². The Morgan fingerprint density at radius 2 is 1.73 bits per heavy atom. The van der Waals surface area contributed by atoms with E-state index in [0.29, 0.717) is 0 Å². The van der Waals surface area contributed by atoms with Crippen LogP contribution in [-0.2, 0) is 6.54 Å². The van der Waals surface area contributed by atoms with Gasteiger partial charge in [0.1, 0.15) is 0 Å². The van der Waals surface area contributed by atoms with Crippen molar-refractivity contribution in [1.29, 1.82) is 0 Å². The van der Waals surface area contributed by atoms with Crippen molar-refractivity contribution in [2.75, 3.05) is 26.2 Å². The van der Waals surface area contributed by atoms with Gasteiger partial charge in [-0.3, -0.25) is 14.7 Å². The molecule has 0 bridgehead atoms. The largest absolute Gasteiger partial charge is 0.337 e. The fourth-order valence-electron chi connectivity index (χ4n) is 2.85. The third-order valence-corrected chi connectivity index (χ3v) is 4.05. The first-order chi connectivity index (χ1) is 10.8. The van der Waals surface area contributed by atoms with Crippen molar-refractivity contribution in [3.8, 4) is 0 Å². The SMILES string of the molecule is O=C(c1ccncc1)N1CCCN(Cc2ccccc2)CC1. The Bertz CT molecular complexity index is 600. The fraction of sp³-hybridized carbons (Fsp3) is 0.333. The van der Waals surface area contributed by atoms with Gasteiger partial charge in [-0.2, -0.15) is 0 Å². The zero-order valence-electron chi connectivity index (χ0n) is 12.7. The zero-order chi connectivity index (χ0) is 15.2. The van der Waals surface area contributed by atoms with E-state index >= 15 is 0 Å². The van der Waals surface area contributed by atoms with Crippen LogP contribution >= 0.6 is 0 Å². The van der Waals surface area contributed by atoms with Gasteiger partial charge in [0.25, 0.3) is 5.91 Å². The number of nitrogens with zero attached hydrogens (tertiary/aromatic N) is 3. The van der Waals surface area contributed by atoms with Crippen molar-refractivity contribution in [3.63, 3.8) is 0 Å². The maximum atomic E-state index is 12.5. The molecule has 4 nitrogen and oxygen atoms in total. The van der Waals surface area contributed by atoms with Gasteiger partial charge >= 0.3 is 0 Å². The first kappa shape index (κ1) is 14.7. The molecule has 0 unspecified atom stereocenters. The van der Waals surface area contributed by atoms with Gasteiger partial charge < -0.3 is 4.90 Å². The number of amides is 1. The number of hydrogen-bond acceptors (Lipinski definition) is 3. The van der Waals surface area contributed by atoms with Gasteiger partial charge in [-0.15, -0.1) is 0 Å². The predicted molar refractivity (Wildman–Crippen MR) is 86.5 cm³/mol. The van der Waals surface area contributed by atoms with Crippen LogP contribution < -0.4 is 0 Å². The highest BCUT2D eigenvalue weighted by Gasteiger charge is 2.20. The average Bonchev–Trinajstić information content (AvgIpc) is 2.82. The van der Waals surface area contributed by atoms with E-state index in [2.05, 4.69) is 34.1 Å². The Morgan fingerprint density at radius 1 is 0.955 bits per heavy atom. The Hall–Kier alpha value is -2.20. The Morgan fingerprint density at radius 3 is 2.50 bits per heavy atom. The predicted octanol–water partition coefficient (Wildman–Crippen LogP) is 2.43. The number of rotatable bonds is 3. The lowest BCUT2D eigenvalue weighted by Crippen LogP contribution is -2.35. The lowest BCUT2D eigenvalue weighted by atomic mass is 10.2. The molecule has 1 aliphatic heterocycles. The topological polar surface area (TPSA) is 36.4 Å². The normalized spacial score (nSPS) is 16.3. The van der Waals surface area contributed by atoms with Crippen molar-refractivity contribution < 1.29 is 4.79 Å². The molecule has 0 N–H and O–H groups in total. The number of carbonyl (C=O) groups excluding carboxylic acids is 1. The van der Waals surface area contributed by atoms with E-state index in [9.17, 15) is 4.79 Å². The van der Waals surface area contributed by atoms with E-state index < -0.39 is 0 Å². The van der Waals surface area contributed by atoms with Crippen molar-refractivity contribution in [3.05, 3.63) is 66.0 Å². The summed E-state index contributed by atoms with van der Waals surface area (Å²) in [5.74, 6) is 0.115. The first-order valence-corrected chi connectivity index (χ1v) is 7.78. The quantitative estimate of drug-likeness (QED) is 0.872. The number of carbonyl (C=O) groups is 1. The second kappa shape index (κ2) is 7.18. The van der Waals surface area contributed by atoms with Crippen LogP contribution in [0.1, 0.15) is 22.3 Å². The smallest absolute Gasteiger partial charge is 0.254 e. The van der Waals surface area contributed by atoms with Crippen LogP contribution in [0, 0.1) is 0 Å². The summed E-state index contributed by atoms with van der Waals surface area (Å²) in [6, 6.07) is 14.1. The van der Waals surface area contributed by atoms with Crippen LogP contribution in [-0.4, -0.2) is 46.9 Å². The van der Waals surface area contributed by atoms with Gasteiger partial charge in [-0.05, 0) is 24.1 Å². The third-order valence-electron chi connectivity index (χ3n) is 4.05. The van der Waals surface area contributed by atoms with Crippen LogP contribution in [0.15, 0.2) is 54.9 Å². The molecule has 2 heterocycles. The molecule has 0 radical (unpaired) electrons. The summed E-state index contributed by atoms with van der Waals surface area (Å²) in [6.45, 7) is 4.53. The van der Waals surface area contributed by atoms with Crippen LogP contribution in [0.25, 0.3) is 0 Å². The highest BCUT2D eigenvalue weighted by molar-refractivity contribution is 5.94. The molecule has 0 aliphatic carbocycles. The minimum absolute atomic E-state index is 0.115. The molecule has 1 amide bonds. The standard InChI is InChI=1S/C18H21N3O/c22-18(17-7-9-19-10-8-17)21-12-4-11-20(13-14-21)15-16-5-2-1-3-6-16/h1-3,5-10H,4,11-15H2. The highest BCUT2D eigenvalue weighted by Crippen LogP contribution is 2.11. The van der Waals surface area contributed by atoms with Crippen molar-refractivity contribution in [2.24, 2.45) is 0 Å². The molecular weight excluding hydrogens is 274 g/mol. The molecule has 0 atom stereocenters. The molecule has 1 aliphatic rings. The molecule has 0 saturated carbocycles. The molecule has 1 aromatic carbocycles. The van der Waals surface area contributed by atoms with Gasteiger partial charge in [0, 0.05) is 50.7 Å². The zero-order valence-corrected chi connectivity index (χ0v) is 12.7. The third kappa shape index (κ3) is 3.71. The highest BCUT2D eigenvalue weighted by atomic mass is 16.2. The maximum absolute atomic E-state index is 12.5. The van der Waals surface area contributed by atoms with Crippen LogP contribution in [0.3, 0.4) is 0 Å². The Kier molecular flexibility index (Phi) is 4.81. The Labute approximate surface area is 131 Å². The van der Waals surface area contributed by atoms with Gasteiger partial charge in [-0.25, -0.2) is 0 Å². The monoisotopic (exact) mass is 295 g/mol. The second-order valence-electron chi connectivity index (χ2n) is 5.64. The van der Waals surface area contributed by atoms with E-state index in [1.54, 1.807) is 24.5 Å². The lowest BCUT2D eigenvalue weighted by molar-refractivity contribution is 0.0761. The maximum Gasteiger partial charge on any atom is 0.254 e. The summed E-state index contributed by atoms with van der Waals surface area (Å²) in [4.78, 5) is 20.9. The molecule has 3 rings (SSSR count). The number of aromatic nitrogens is 1. The number of benzene rings is 1. The average molecular weight is 295 g/mol.